The molecule has 8 heteroatoms. The Morgan fingerprint density at radius 3 is 2.62 bits per heavy atom. The Bertz CT molecular complexity index is 1280. The molecule has 1 N–H and O–H groups in total. The van der Waals surface area contributed by atoms with Gasteiger partial charge in [0.2, 0.25) is 5.91 Å². The minimum Gasteiger partial charge on any atom is -0.370 e. The number of para-hydroxylation sites is 1. The largest absolute Gasteiger partial charge is 0.370 e. The quantitative estimate of drug-likeness (QED) is 0.483. The van der Waals surface area contributed by atoms with Crippen LogP contribution in [-0.2, 0) is 22.7 Å². The summed E-state index contributed by atoms with van der Waals surface area (Å²) in [4.78, 5) is 34.1. The van der Waals surface area contributed by atoms with Crippen molar-refractivity contribution in [3.63, 3.8) is 0 Å². The van der Waals surface area contributed by atoms with Gasteiger partial charge in [0.15, 0.2) is 5.69 Å². The topological polar surface area (TPSA) is 91.4 Å². The van der Waals surface area contributed by atoms with Crippen molar-refractivity contribution >= 4 is 22.7 Å². The van der Waals surface area contributed by atoms with Gasteiger partial charge in [0.1, 0.15) is 6.54 Å². The van der Waals surface area contributed by atoms with Crippen LogP contribution in [0.2, 0.25) is 0 Å². The zero-order chi connectivity index (χ0) is 23.3. The molecule has 1 aliphatic heterocycles. The van der Waals surface area contributed by atoms with E-state index in [1.165, 1.54) is 0 Å². The highest BCUT2D eigenvalue weighted by molar-refractivity contribution is 6.05. The summed E-state index contributed by atoms with van der Waals surface area (Å²) in [6, 6.07) is 21.1. The number of benzene rings is 2. The van der Waals surface area contributed by atoms with E-state index < -0.39 is 0 Å². The Morgan fingerprint density at radius 1 is 1.00 bits per heavy atom. The summed E-state index contributed by atoms with van der Waals surface area (Å²) >= 11 is 0. The lowest BCUT2D eigenvalue weighted by atomic mass is 10.2. The number of hydrogen-bond donors (Lipinski definition) is 1. The highest BCUT2D eigenvalue weighted by Gasteiger charge is 2.32. The maximum atomic E-state index is 13.5. The number of nitrogens with zero attached hydrogens (tertiary/aromatic N) is 4. The van der Waals surface area contributed by atoms with Gasteiger partial charge >= 0.3 is 0 Å². The first-order valence-corrected chi connectivity index (χ1v) is 11.2. The van der Waals surface area contributed by atoms with Crippen molar-refractivity contribution in [3.8, 4) is 0 Å². The number of aromatic nitrogens is 3. The van der Waals surface area contributed by atoms with E-state index in [0.717, 1.165) is 22.0 Å². The molecule has 8 nitrogen and oxygen atoms in total. The SMILES string of the molecule is O=C1CN(C(=O)c2n[nH]c3ccccc23)C[C@H](OCc2cccnc2)CN1Cc1ccccc1. The van der Waals surface area contributed by atoms with Gasteiger partial charge < -0.3 is 14.5 Å². The van der Waals surface area contributed by atoms with E-state index in [2.05, 4.69) is 15.2 Å². The minimum atomic E-state index is -0.357. The first-order valence-electron chi connectivity index (χ1n) is 11.2. The van der Waals surface area contributed by atoms with Crippen molar-refractivity contribution in [2.45, 2.75) is 19.3 Å². The smallest absolute Gasteiger partial charge is 0.275 e. The number of H-pyrrole nitrogens is 1. The molecule has 5 rings (SSSR count). The molecule has 0 bridgehead atoms. The number of hydrogen-bond acceptors (Lipinski definition) is 5. The first kappa shape index (κ1) is 21.8. The second kappa shape index (κ2) is 9.84. The molecule has 2 aromatic carbocycles. The van der Waals surface area contributed by atoms with Crippen LogP contribution < -0.4 is 0 Å². The average molecular weight is 456 g/mol. The number of nitrogens with one attached hydrogen (secondary N) is 1. The Balaban J connectivity index is 1.39. The fourth-order valence-electron chi connectivity index (χ4n) is 4.17. The molecule has 0 unspecified atom stereocenters. The molecule has 34 heavy (non-hydrogen) atoms. The van der Waals surface area contributed by atoms with E-state index in [1.54, 1.807) is 22.2 Å². The molecular weight excluding hydrogens is 430 g/mol. The fraction of sp³-hybridized carbons (Fsp3) is 0.231. The number of carbonyl (C=O) groups excluding carboxylic acids is 2. The molecule has 1 saturated heterocycles. The van der Waals surface area contributed by atoms with Gasteiger partial charge in [-0.2, -0.15) is 5.10 Å². The minimum absolute atomic E-state index is 0.0282. The van der Waals surface area contributed by atoms with Crippen LogP contribution in [0.5, 0.6) is 0 Å². The van der Waals surface area contributed by atoms with Crippen molar-refractivity contribution < 1.29 is 14.3 Å². The highest BCUT2D eigenvalue weighted by atomic mass is 16.5. The molecule has 2 amide bonds. The van der Waals surface area contributed by atoms with E-state index in [0.29, 0.717) is 25.4 Å². The van der Waals surface area contributed by atoms with Crippen molar-refractivity contribution in [1.29, 1.82) is 0 Å². The monoisotopic (exact) mass is 455 g/mol. The molecule has 0 aliphatic carbocycles. The maximum absolute atomic E-state index is 13.5. The Hall–Kier alpha value is -4.04. The van der Waals surface area contributed by atoms with Crippen molar-refractivity contribution in [3.05, 3.63) is 95.9 Å². The molecule has 1 aliphatic rings. The van der Waals surface area contributed by atoms with E-state index >= 15 is 0 Å². The van der Waals surface area contributed by atoms with Crippen molar-refractivity contribution in [1.82, 2.24) is 25.0 Å². The number of fused-ring (bicyclic) bond motifs is 1. The van der Waals surface area contributed by atoms with Crippen molar-refractivity contribution in [2.24, 2.45) is 0 Å². The van der Waals surface area contributed by atoms with E-state index in [9.17, 15) is 9.59 Å². The molecule has 3 heterocycles. The summed E-state index contributed by atoms with van der Waals surface area (Å²) in [5.74, 6) is -0.410. The van der Waals surface area contributed by atoms with Gasteiger partial charge in [-0.25, -0.2) is 0 Å². The van der Waals surface area contributed by atoms with Gasteiger partial charge in [-0.1, -0.05) is 54.6 Å². The predicted octanol–water partition coefficient (Wildman–Crippen LogP) is 3.03. The summed E-state index contributed by atoms with van der Waals surface area (Å²) in [5, 5.41) is 7.88. The maximum Gasteiger partial charge on any atom is 0.275 e. The van der Waals surface area contributed by atoms with E-state index in [-0.39, 0.29) is 31.0 Å². The number of carbonyl (C=O) groups is 2. The summed E-state index contributed by atoms with van der Waals surface area (Å²) in [5.41, 5.74) is 3.05. The van der Waals surface area contributed by atoms with Crippen LogP contribution in [-0.4, -0.2) is 62.5 Å². The van der Waals surface area contributed by atoms with Gasteiger partial charge in [0, 0.05) is 37.4 Å². The summed E-state index contributed by atoms with van der Waals surface area (Å²) in [7, 11) is 0. The molecule has 1 fully saturated rings. The summed E-state index contributed by atoms with van der Waals surface area (Å²) < 4.78 is 6.19. The lowest BCUT2D eigenvalue weighted by Gasteiger charge is -2.25. The third kappa shape index (κ3) is 4.82. The Kier molecular flexibility index (Phi) is 6.31. The molecule has 2 aromatic heterocycles. The van der Waals surface area contributed by atoms with E-state index in [4.69, 9.17) is 4.74 Å². The Labute approximate surface area is 197 Å². The zero-order valence-electron chi connectivity index (χ0n) is 18.6. The standard InChI is InChI=1S/C26H25N5O3/c32-24-17-31(26(33)25-22-10-4-5-11-23(22)28-29-25)16-21(34-18-20-9-6-12-27-13-20)15-30(24)14-19-7-2-1-3-8-19/h1-13,21H,14-18H2,(H,28,29)/t21-/m1/s1. The number of ether oxygens (including phenoxy) is 1. The molecule has 0 saturated carbocycles. The van der Waals surface area contributed by atoms with Gasteiger partial charge in [-0.05, 0) is 23.3 Å². The van der Waals surface area contributed by atoms with E-state index in [1.807, 2.05) is 66.7 Å². The van der Waals surface area contributed by atoms with Crippen LogP contribution in [0.1, 0.15) is 21.6 Å². The number of pyridine rings is 1. The van der Waals surface area contributed by atoms with Crippen LogP contribution >= 0.6 is 0 Å². The summed E-state index contributed by atoms with van der Waals surface area (Å²) in [6.45, 7) is 1.45. The molecule has 0 radical (unpaired) electrons. The predicted molar refractivity (Wildman–Crippen MR) is 127 cm³/mol. The first-order chi connectivity index (χ1) is 16.7. The number of amides is 2. The van der Waals surface area contributed by atoms with Crippen LogP contribution in [0, 0.1) is 0 Å². The second-order valence-electron chi connectivity index (χ2n) is 8.36. The number of rotatable bonds is 6. The van der Waals surface area contributed by atoms with Gasteiger partial charge in [0.05, 0.1) is 18.2 Å². The zero-order valence-corrected chi connectivity index (χ0v) is 18.6. The van der Waals surface area contributed by atoms with Gasteiger partial charge in [-0.3, -0.25) is 19.7 Å². The molecule has 0 spiro atoms. The molecular formula is C26H25N5O3. The number of aromatic amines is 1. The molecule has 172 valence electrons. The van der Waals surface area contributed by atoms with Crippen LogP contribution in [0.25, 0.3) is 10.9 Å². The second-order valence-corrected chi connectivity index (χ2v) is 8.36. The average Bonchev–Trinajstić information content (AvgIpc) is 3.24. The lowest BCUT2D eigenvalue weighted by Crippen LogP contribution is -2.40. The lowest BCUT2D eigenvalue weighted by molar-refractivity contribution is -0.132. The third-order valence-electron chi connectivity index (χ3n) is 5.91. The van der Waals surface area contributed by atoms with Crippen LogP contribution in [0.3, 0.4) is 0 Å². The Morgan fingerprint density at radius 2 is 1.79 bits per heavy atom. The van der Waals surface area contributed by atoms with Crippen LogP contribution in [0.15, 0.2) is 79.1 Å². The molecule has 1 atom stereocenters. The van der Waals surface area contributed by atoms with Gasteiger partial charge in [-0.15, -0.1) is 0 Å². The van der Waals surface area contributed by atoms with Crippen molar-refractivity contribution in [2.75, 3.05) is 19.6 Å². The normalized spacial score (nSPS) is 16.6. The highest BCUT2D eigenvalue weighted by Crippen LogP contribution is 2.20. The third-order valence-corrected chi connectivity index (χ3v) is 5.91. The van der Waals surface area contributed by atoms with Crippen LogP contribution in [0.4, 0.5) is 0 Å². The summed E-state index contributed by atoms with van der Waals surface area (Å²) in [6.07, 6.45) is 3.11. The van der Waals surface area contributed by atoms with Gasteiger partial charge in [0.25, 0.3) is 5.91 Å². The fourth-order valence-corrected chi connectivity index (χ4v) is 4.17. The molecule has 4 aromatic rings.